The number of benzene rings is 1. The summed E-state index contributed by atoms with van der Waals surface area (Å²) in [5.74, 6) is 6.38. The third kappa shape index (κ3) is 3.24. The van der Waals surface area contributed by atoms with Gasteiger partial charge in [0.05, 0.1) is 0 Å². The highest BCUT2D eigenvalue weighted by atomic mass is 16.2. The van der Waals surface area contributed by atoms with Crippen LogP contribution >= 0.6 is 0 Å². The van der Waals surface area contributed by atoms with Gasteiger partial charge >= 0.3 is 0 Å². The van der Waals surface area contributed by atoms with Gasteiger partial charge in [-0.3, -0.25) is 4.79 Å². The van der Waals surface area contributed by atoms with Crippen LogP contribution in [-0.4, -0.2) is 10.9 Å². The van der Waals surface area contributed by atoms with E-state index in [0.717, 1.165) is 29.8 Å². The Kier molecular flexibility index (Phi) is 3.47. The summed E-state index contributed by atoms with van der Waals surface area (Å²) in [6, 6.07) is 13.2. The highest BCUT2D eigenvalue weighted by molar-refractivity contribution is 5.94. The molecule has 1 aromatic carbocycles. The molecule has 1 aliphatic carbocycles. The van der Waals surface area contributed by atoms with E-state index in [-0.39, 0.29) is 11.8 Å². The number of aromatic nitrogens is 1. The zero-order valence-corrected chi connectivity index (χ0v) is 11.0. The second-order valence-corrected chi connectivity index (χ2v) is 4.81. The lowest BCUT2D eigenvalue weighted by atomic mass is 10.2. The summed E-state index contributed by atoms with van der Waals surface area (Å²) in [6.45, 7) is 0. The number of nitrogens with one attached hydrogen (secondary N) is 1. The largest absolute Gasteiger partial charge is 0.326 e. The molecular formula is C17H14N2O. The summed E-state index contributed by atoms with van der Waals surface area (Å²) < 4.78 is 0. The van der Waals surface area contributed by atoms with Crippen LogP contribution in [0.2, 0.25) is 0 Å². The number of pyridine rings is 1. The van der Waals surface area contributed by atoms with Crippen molar-refractivity contribution in [2.45, 2.75) is 12.8 Å². The van der Waals surface area contributed by atoms with Crippen molar-refractivity contribution in [3.8, 4) is 11.8 Å². The van der Waals surface area contributed by atoms with E-state index in [4.69, 9.17) is 0 Å². The van der Waals surface area contributed by atoms with Crippen LogP contribution in [0.4, 0.5) is 5.69 Å². The molecule has 0 unspecified atom stereocenters. The molecule has 1 amide bonds. The highest BCUT2D eigenvalue weighted by Crippen LogP contribution is 2.30. The van der Waals surface area contributed by atoms with Crippen LogP contribution < -0.4 is 5.32 Å². The molecule has 1 saturated carbocycles. The fourth-order valence-corrected chi connectivity index (χ4v) is 1.84. The van der Waals surface area contributed by atoms with Crippen molar-refractivity contribution >= 4 is 11.6 Å². The molecule has 0 aliphatic heterocycles. The molecule has 3 heteroatoms. The molecule has 0 bridgehead atoms. The van der Waals surface area contributed by atoms with Crippen LogP contribution in [0.3, 0.4) is 0 Å². The first kappa shape index (κ1) is 12.4. The zero-order chi connectivity index (χ0) is 13.8. The zero-order valence-electron chi connectivity index (χ0n) is 11.0. The minimum atomic E-state index is 0.111. The maximum atomic E-state index is 11.7. The standard InChI is InChI=1S/C17H14N2O/c20-17(14-8-9-14)19-16-6-3-4-13(12-16)7-10-15-5-1-2-11-18-15/h1-6,11-12,14H,8-9H2,(H,19,20). The maximum absolute atomic E-state index is 11.7. The predicted octanol–water partition coefficient (Wildman–Crippen LogP) is 2.83. The lowest BCUT2D eigenvalue weighted by molar-refractivity contribution is -0.117. The number of hydrogen-bond donors (Lipinski definition) is 1. The van der Waals surface area contributed by atoms with Crippen LogP contribution in [-0.2, 0) is 4.79 Å². The van der Waals surface area contributed by atoms with Crippen LogP contribution in [0.25, 0.3) is 0 Å². The van der Waals surface area contributed by atoms with Crippen molar-refractivity contribution in [3.05, 3.63) is 59.9 Å². The second kappa shape index (κ2) is 5.58. The molecule has 2 aromatic rings. The van der Waals surface area contributed by atoms with E-state index in [0.29, 0.717) is 0 Å². The second-order valence-electron chi connectivity index (χ2n) is 4.81. The van der Waals surface area contributed by atoms with Crippen LogP contribution in [0, 0.1) is 17.8 Å². The Morgan fingerprint density at radius 2 is 2.05 bits per heavy atom. The molecule has 1 aliphatic rings. The minimum Gasteiger partial charge on any atom is -0.326 e. The van der Waals surface area contributed by atoms with E-state index in [2.05, 4.69) is 22.1 Å². The fourth-order valence-electron chi connectivity index (χ4n) is 1.84. The van der Waals surface area contributed by atoms with Crippen molar-refractivity contribution in [2.24, 2.45) is 5.92 Å². The van der Waals surface area contributed by atoms with Gasteiger partial charge in [-0.2, -0.15) is 0 Å². The number of nitrogens with zero attached hydrogens (tertiary/aromatic N) is 1. The van der Waals surface area contributed by atoms with E-state index in [1.807, 2.05) is 42.5 Å². The molecule has 20 heavy (non-hydrogen) atoms. The average molecular weight is 262 g/mol. The number of anilines is 1. The van der Waals surface area contributed by atoms with Crippen LogP contribution in [0.15, 0.2) is 48.7 Å². The monoisotopic (exact) mass is 262 g/mol. The molecule has 1 fully saturated rings. The molecule has 0 radical (unpaired) electrons. The van der Waals surface area contributed by atoms with Crippen molar-refractivity contribution < 1.29 is 4.79 Å². The van der Waals surface area contributed by atoms with Crippen LogP contribution in [0.5, 0.6) is 0 Å². The van der Waals surface area contributed by atoms with Gasteiger partial charge in [-0.1, -0.05) is 18.1 Å². The first-order chi connectivity index (χ1) is 9.81. The Balaban J connectivity index is 1.74. The van der Waals surface area contributed by atoms with Crippen molar-refractivity contribution in [1.82, 2.24) is 4.98 Å². The summed E-state index contributed by atoms with van der Waals surface area (Å²) in [5.41, 5.74) is 2.40. The van der Waals surface area contributed by atoms with Gasteiger partial charge < -0.3 is 5.32 Å². The predicted molar refractivity (Wildman–Crippen MR) is 78.0 cm³/mol. The summed E-state index contributed by atoms with van der Waals surface area (Å²) in [7, 11) is 0. The molecule has 1 N–H and O–H groups in total. The molecule has 98 valence electrons. The van der Waals surface area contributed by atoms with E-state index in [1.54, 1.807) is 6.20 Å². The SMILES string of the molecule is O=C(Nc1cccc(C#Cc2ccccn2)c1)C1CC1. The fraction of sp³-hybridized carbons (Fsp3) is 0.176. The number of carbonyl (C=O) groups excluding carboxylic acids is 1. The quantitative estimate of drug-likeness (QED) is 0.846. The third-order valence-electron chi connectivity index (χ3n) is 3.08. The lowest BCUT2D eigenvalue weighted by Crippen LogP contribution is -2.13. The minimum absolute atomic E-state index is 0.111. The summed E-state index contributed by atoms with van der Waals surface area (Å²) in [5, 5.41) is 2.92. The number of amides is 1. The Morgan fingerprint density at radius 1 is 1.15 bits per heavy atom. The van der Waals surface area contributed by atoms with Gasteiger partial charge in [0.2, 0.25) is 5.91 Å². The van der Waals surface area contributed by atoms with Gasteiger partial charge in [-0.05, 0) is 49.1 Å². The molecular weight excluding hydrogens is 248 g/mol. The Morgan fingerprint density at radius 3 is 2.80 bits per heavy atom. The van der Waals surface area contributed by atoms with E-state index in [1.165, 1.54) is 0 Å². The lowest BCUT2D eigenvalue weighted by Gasteiger charge is -2.03. The highest BCUT2D eigenvalue weighted by Gasteiger charge is 2.29. The molecule has 0 saturated heterocycles. The van der Waals surface area contributed by atoms with Gasteiger partial charge in [0.25, 0.3) is 0 Å². The van der Waals surface area contributed by atoms with Gasteiger partial charge in [0, 0.05) is 23.4 Å². The molecule has 3 rings (SSSR count). The molecule has 0 spiro atoms. The summed E-state index contributed by atoms with van der Waals surface area (Å²) in [6.07, 6.45) is 3.73. The maximum Gasteiger partial charge on any atom is 0.227 e. The molecule has 1 heterocycles. The van der Waals surface area contributed by atoms with Gasteiger partial charge in [-0.25, -0.2) is 4.98 Å². The first-order valence-electron chi connectivity index (χ1n) is 6.65. The smallest absolute Gasteiger partial charge is 0.227 e. The first-order valence-corrected chi connectivity index (χ1v) is 6.65. The van der Waals surface area contributed by atoms with Gasteiger partial charge in [-0.15, -0.1) is 0 Å². The molecule has 0 atom stereocenters. The average Bonchev–Trinajstić information content (AvgIpc) is 3.31. The number of carbonyl (C=O) groups is 1. The Labute approximate surface area is 118 Å². The molecule has 1 aromatic heterocycles. The van der Waals surface area contributed by atoms with Crippen molar-refractivity contribution in [1.29, 1.82) is 0 Å². The number of hydrogen-bond acceptors (Lipinski definition) is 2. The van der Waals surface area contributed by atoms with Gasteiger partial charge in [0.15, 0.2) is 0 Å². The topological polar surface area (TPSA) is 42.0 Å². The van der Waals surface area contributed by atoms with Crippen LogP contribution in [0.1, 0.15) is 24.1 Å². The third-order valence-corrected chi connectivity index (χ3v) is 3.08. The normalized spacial score (nSPS) is 13.2. The molecule has 3 nitrogen and oxygen atoms in total. The van der Waals surface area contributed by atoms with E-state index in [9.17, 15) is 4.79 Å². The Bertz CT molecular complexity index is 679. The Hall–Kier alpha value is -2.60. The van der Waals surface area contributed by atoms with Crippen molar-refractivity contribution in [2.75, 3.05) is 5.32 Å². The number of rotatable bonds is 2. The summed E-state index contributed by atoms with van der Waals surface area (Å²) >= 11 is 0. The van der Waals surface area contributed by atoms with Crippen molar-refractivity contribution in [3.63, 3.8) is 0 Å². The van der Waals surface area contributed by atoms with E-state index >= 15 is 0 Å². The van der Waals surface area contributed by atoms with Gasteiger partial charge in [0.1, 0.15) is 5.69 Å². The summed E-state index contributed by atoms with van der Waals surface area (Å²) in [4.78, 5) is 15.9. The van der Waals surface area contributed by atoms with E-state index < -0.39 is 0 Å².